The molecule has 0 N–H and O–H groups in total. The fourth-order valence-corrected chi connectivity index (χ4v) is 3.59. The van der Waals surface area contributed by atoms with E-state index in [1.165, 1.54) is 48.5 Å². The fourth-order valence-electron chi connectivity index (χ4n) is 3.10. The molecule has 4 rings (SSSR count). The molecule has 0 aliphatic carbocycles. The van der Waals surface area contributed by atoms with Crippen molar-refractivity contribution < 1.29 is 27.1 Å². The Hall–Kier alpha value is -3.10. The van der Waals surface area contributed by atoms with E-state index in [9.17, 15) is 22.8 Å². The molecule has 0 saturated carbocycles. The van der Waals surface area contributed by atoms with Crippen LogP contribution >= 0.6 is 27.5 Å². The van der Waals surface area contributed by atoms with E-state index in [1.807, 2.05) is 0 Å². The monoisotopic (exact) mass is 522 g/mol. The van der Waals surface area contributed by atoms with E-state index in [4.69, 9.17) is 20.8 Å². The van der Waals surface area contributed by atoms with E-state index in [2.05, 4.69) is 15.9 Å². The molecule has 4 nitrogen and oxygen atoms in total. The highest BCUT2D eigenvalue weighted by Gasteiger charge is 2.39. The zero-order chi connectivity index (χ0) is 23.0. The number of rotatable bonds is 3. The van der Waals surface area contributed by atoms with Crippen molar-refractivity contribution in [3.8, 4) is 16.9 Å². The molecule has 32 heavy (non-hydrogen) atoms. The Balaban J connectivity index is 1.83. The van der Waals surface area contributed by atoms with Crippen LogP contribution in [0.3, 0.4) is 0 Å². The van der Waals surface area contributed by atoms with Gasteiger partial charge in [-0.3, -0.25) is 4.79 Å². The third-order valence-corrected chi connectivity index (χ3v) is 5.41. The lowest BCUT2D eigenvalue weighted by Gasteiger charge is -2.14. The number of fused-ring (bicyclic) bond motifs is 1. The molecule has 0 fully saturated rings. The molecule has 0 spiro atoms. The van der Waals surface area contributed by atoms with Crippen molar-refractivity contribution in [2.24, 2.45) is 0 Å². The van der Waals surface area contributed by atoms with E-state index in [0.717, 1.165) is 10.5 Å². The molecule has 3 aromatic carbocycles. The lowest BCUT2D eigenvalue weighted by molar-refractivity contribution is -0.152. The topological polar surface area (TPSA) is 56.5 Å². The van der Waals surface area contributed by atoms with Gasteiger partial charge in [0, 0.05) is 21.1 Å². The third-order valence-electron chi connectivity index (χ3n) is 4.55. The Bertz CT molecular complexity index is 1400. The minimum Gasteiger partial charge on any atom is -0.450 e. The molecule has 1 heterocycles. The van der Waals surface area contributed by atoms with Crippen molar-refractivity contribution in [3.05, 3.63) is 97.8 Å². The maximum absolute atomic E-state index is 13.8. The minimum absolute atomic E-state index is 0.0234. The summed E-state index contributed by atoms with van der Waals surface area (Å²) in [6.45, 7) is 0. The van der Waals surface area contributed by atoms with Gasteiger partial charge in [0.05, 0.1) is 16.5 Å². The normalized spacial score (nSPS) is 11.5. The van der Waals surface area contributed by atoms with E-state index in [0.29, 0.717) is 0 Å². The lowest BCUT2D eigenvalue weighted by Crippen LogP contribution is -2.16. The second-order valence-corrected chi connectivity index (χ2v) is 7.99. The summed E-state index contributed by atoms with van der Waals surface area (Å²) in [6, 6.07) is 15.6. The van der Waals surface area contributed by atoms with Crippen molar-refractivity contribution in [2.45, 2.75) is 6.18 Å². The number of benzene rings is 3. The molecule has 0 amide bonds. The zero-order valence-corrected chi connectivity index (χ0v) is 18.2. The first-order chi connectivity index (χ1) is 15.1. The first kappa shape index (κ1) is 22.1. The molecule has 0 unspecified atom stereocenters. The number of hydrogen-bond donors (Lipinski definition) is 0. The summed E-state index contributed by atoms with van der Waals surface area (Å²) in [5.41, 5.74) is -1.82. The number of carbonyl (C=O) groups excluding carboxylic acids is 1. The molecule has 4 aromatic rings. The van der Waals surface area contributed by atoms with E-state index < -0.39 is 28.9 Å². The Kier molecular flexibility index (Phi) is 5.83. The Morgan fingerprint density at radius 1 is 1.00 bits per heavy atom. The van der Waals surface area contributed by atoms with Crippen LogP contribution in [-0.4, -0.2) is 5.97 Å². The first-order valence-electron chi connectivity index (χ1n) is 9.06. The van der Waals surface area contributed by atoms with Crippen LogP contribution in [0.2, 0.25) is 5.02 Å². The molecule has 0 radical (unpaired) electrons. The third kappa shape index (κ3) is 4.28. The van der Waals surface area contributed by atoms with E-state index in [1.54, 1.807) is 12.1 Å². The largest absolute Gasteiger partial charge is 0.450 e. The van der Waals surface area contributed by atoms with Gasteiger partial charge < -0.3 is 9.15 Å². The Morgan fingerprint density at radius 2 is 1.69 bits per heavy atom. The highest BCUT2D eigenvalue weighted by Crippen LogP contribution is 2.39. The molecule has 0 atom stereocenters. The fraction of sp³-hybridized carbons (Fsp3) is 0.0435. The van der Waals surface area contributed by atoms with Crippen LogP contribution < -0.4 is 10.2 Å². The average molecular weight is 524 g/mol. The number of alkyl halides is 3. The average Bonchev–Trinajstić information content (AvgIpc) is 2.74. The summed E-state index contributed by atoms with van der Waals surface area (Å²) >= 11 is 9.30. The summed E-state index contributed by atoms with van der Waals surface area (Å²) in [5, 5.41) is -0.138. The van der Waals surface area contributed by atoms with E-state index >= 15 is 0 Å². The van der Waals surface area contributed by atoms with Crippen molar-refractivity contribution in [1.29, 1.82) is 0 Å². The van der Waals surface area contributed by atoms with Crippen LogP contribution in [0.4, 0.5) is 13.2 Å². The van der Waals surface area contributed by atoms with Gasteiger partial charge in [0.2, 0.25) is 11.2 Å². The van der Waals surface area contributed by atoms with Gasteiger partial charge in [-0.1, -0.05) is 45.7 Å². The number of carbonyl (C=O) groups is 1. The molecule has 9 heteroatoms. The van der Waals surface area contributed by atoms with Gasteiger partial charge in [0.15, 0.2) is 0 Å². The molecule has 162 valence electrons. The molecule has 1 aromatic heterocycles. The summed E-state index contributed by atoms with van der Waals surface area (Å²) in [4.78, 5) is 25.3. The SMILES string of the molecule is O=C(Oc1ccc2c(=O)c(-c3ccccc3Cl)c(C(F)(F)F)oc2c1)c1ccc(Br)cc1. The van der Waals surface area contributed by atoms with Crippen molar-refractivity contribution in [3.63, 3.8) is 0 Å². The molecule has 0 bridgehead atoms. The second kappa shape index (κ2) is 8.44. The van der Waals surface area contributed by atoms with Crippen LogP contribution in [0, 0.1) is 0 Å². The summed E-state index contributed by atoms with van der Waals surface area (Å²) < 4.78 is 52.4. The summed E-state index contributed by atoms with van der Waals surface area (Å²) in [7, 11) is 0. The minimum atomic E-state index is -4.97. The van der Waals surface area contributed by atoms with Crippen LogP contribution in [0.5, 0.6) is 5.75 Å². The van der Waals surface area contributed by atoms with Crippen LogP contribution in [0.25, 0.3) is 22.1 Å². The van der Waals surface area contributed by atoms with Crippen molar-refractivity contribution in [1.82, 2.24) is 0 Å². The molecule has 0 aliphatic heterocycles. The lowest BCUT2D eigenvalue weighted by atomic mass is 10.0. The van der Waals surface area contributed by atoms with Gasteiger partial charge in [0.1, 0.15) is 11.3 Å². The number of hydrogen-bond acceptors (Lipinski definition) is 4. The Morgan fingerprint density at radius 3 is 2.34 bits per heavy atom. The highest BCUT2D eigenvalue weighted by molar-refractivity contribution is 9.10. The molecule has 0 aliphatic rings. The zero-order valence-electron chi connectivity index (χ0n) is 15.9. The second-order valence-electron chi connectivity index (χ2n) is 6.67. The van der Waals surface area contributed by atoms with Gasteiger partial charge in [-0.25, -0.2) is 4.79 Å². The van der Waals surface area contributed by atoms with Crippen molar-refractivity contribution >= 4 is 44.5 Å². The molecule has 0 saturated heterocycles. The highest BCUT2D eigenvalue weighted by atomic mass is 79.9. The number of halogens is 5. The number of esters is 1. The summed E-state index contributed by atoms with van der Waals surface area (Å²) in [6.07, 6.45) is -4.97. The summed E-state index contributed by atoms with van der Waals surface area (Å²) in [5.74, 6) is -2.28. The first-order valence-corrected chi connectivity index (χ1v) is 10.2. The maximum atomic E-state index is 13.8. The van der Waals surface area contributed by atoms with Gasteiger partial charge in [0.25, 0.3) is 0 Å². The van der Waals surface area contributed by atoms with Gasteiger partial charge in [-0.05, 0) is 42.5 Å². The standard InChI is InChI=1S/C23H11BrClF3O4/c24-13-7-5-12(6-8-13)22(30)31-14-9-10-16-18(11-14)32-21(23(26,27)28)19(20(16)29)15-3-1-2-4-17(15)25/h1-11H. The number of ether oxygens (including phenoxy) is 1. The molecular weight excluding hydrogens is 513 g/mol. The maximum Gasteiger partial charge on any atom is 0.450 e. The molecular formula is C23H11BrClF3O4. The quantitative estimate of drug-likeness (QED) is 0.212. The van der Waals surface area contributed by atoms with Crippen LogP contribution in [-0.2, 0) is 6.18 Å². The van der Waals surface area contributed by atoms with Crippen LogP contribution in [0.1, 0.15) is 16.1 Å². The smallest absolute Gasteiger partial charge is 0.450 e. The van der Waals surface area contributed by atoms with Crippen LogP contribution in [0.15, 0.2) is 80.4 Å². The van der Waals surface area contributed by atoms with Gasteiger partial charge in [-0.15, -0.1) is 0 Å². The van der Waals surface area contributed by atoms with E-state index in [-0.39, 0.29) is 32.9 Å². The van der Waals surface area contributed by atoms with Gasteiger partial charge >= 0.3 is 12.1 Å². The predicted octanol–water partition coefficient (Wildman–Crippen LogP) is 7.11. The Labute approximate surface area is 192 Å². The predicted molar refractivity (Wildman–Crippen MR) is 117 cm³/mol. The van der Waals surface area contributed by atoms with Crippen molar-refractivity contribution in [2.75, 3.05) is 0 Å². The van der Waals surface area contributed by atoms with Gasteiger partial charge in [-0.2, -0.15) is 13.2 Å².